The highest BCUT2D eigenvalue weighted by molar-refractivity contribution is 5.57. The number of rotatable bonds is 4. The molecule has 1 saturated heterocycles. The maximum atomic E-state index is 5.45. The zero-order chi connectivity index (χ0) is 13.9. The lowest BCUT2D eigenvalue weighted by atomic mass is 10.2. The predicted octanol–water partition coefficient (Wildman–Crippen LogP) is 1.87. The van der Waals surface area contributed by atoms with Crippen LogP contribution in [-0.4, -0.2) is 53.2 Å². The van der Waals surface area contributed by atoms with Gasteiger partial charge in [-0.25, -0.2) is 0 Å². The minimum atomic E-state index is 0.651. The quantitative estimate of drug-likeness (QED) is 0.850. The maximum Gasteiger partial charge on any atom is 0.151 e. The van der Waals surface area contributed by atoms with E-state index in [4.69, 9.17) is 4.52 Å². The molecule has 1 aliphatic rings. The first-order chi connectivity index (χ1) is 9.72. The highest BCUT2D eigenvalue weighted by Gasteiger charge is 2.24. The molecule has 0 unspecified atom stereocenters. The molecule has 0 amide bonds. The van der Waals surface area contributed by atoms with Crippen molar-refractivity contribution in [2.75, 3.05) is 27.2 Å². The maximum absolute atomic E-state index is 5.45. The van der Waals surface area contributed by atoms with E-state index in [1.165, 1.54) is 6.42 Å². The van der Waals surface area contributed by atoms with Crippen LogP contribution in [0.1, 0.15) is 12.2 Å². The number of likely N-dealkylation sites (N-methyl/N-ethyl adjacent to an activating group) is 1. The van der Waals surface area contributed by atoms with Gasteiger partial charge in [0.15, 0.2) is 5.76 Å². The van der Waals surface area contributed by atoms with Crippen LogP contribution in [0, 0.1) is 0 Å². The van der Waals surface area contributed by atoms with Gasteiger partial charge in [0, 0.05) is 43.2 Å². The molecule has 1 fully saturated rings. The van der Waals surface area contributed by atoms with Gasteiger partial charge in [0.2, 0.25) is 0 Å². The van der Waals surface area contributed by atoms with Crippen molar-refractivity contribution >= 4 is 0 Å². The van der Waals surface area contributed by atoms with Gasteiger partial charge in [0.1, 0.15) is 5.69 Å². The van der Waals surface area contributed by atoms with Gasteiger partial charge in [-0.2, -0.15) is 0 Å². The molecular formula is C15H20N4O. The first-order valence-electron chi connectivity index (χ1n) is 6.97. The van der Waals surface area contributed by atoms with Crippen LogP contribution in [0.15, 0.2) is 35.1 Å². The molecule has 106 valence electrons. The summed E-state index contributed by atoms with van der Waals surface area (Å²) < 4.78 is 5.45. The molecule has 0 bridgehead atoms. The molecule has 0 radical (unpaired) electrons. The SMILES string of the molecule is CN(C)[C@@H]1CCN(Cc2cc(-c3ccncc3)no2)C1. The van der Waals surface area contributed by atoms with E-state index in [1.54, 1.807) is 12.4 Å². The van der Waals surface area contributed by atoms with Gasteiger partial charge < -0.3 is 9.42 Å². The third kappa shape index (κ3) is 2.89. The second-order valence-corrected chi connectivity index (χ2v) is 5.56. The fourth-order valence-corrected chi connectivity index (χ4v) is 2.64. The van der Waals surface area contributed by atoms with Gasteiger partial charge in [0.05, 0.1) is 6.54 Å². The molecule has 5 heteroatoms. The van der Waals surface area contributed by atoms with Crippen LogP contribution < -0.4 is 0 Å². The summed E-state index contributed by atoms with van der Waals surface area (Å²) in [6.07, 6.45) is 4.76. The van der Waals surface area contributed by atoms with E-state index in [1.807, 2.05) is 18.2 Å². The van der Waals surface area contributed by atoms with Gasteiger partial charge in [-0.3, -0.25) is 9.88 Å². The van der Waals surface area contributed by atoms with Crippen LogP contribution in [0.3, 0.4) is 0 Å². The van der Waals surface area contributed by atoms with Crippen LogP contribution in [-0.2, 0) is 6.54 Å². The van der Waals surface area contributed by atoms with Gasteiger partial charge in [-0.05, 0) is 32.6 Å². The summed E-state index contributed by atoms with van der Waals surface area (Å²) in [5.41, 5.74) is 1.92. The molecule has 1 aliphatic heterocycles. The van der Waals surface area contributed by atoms with Crippen molar-refractivity contribution in [2.24, 2.45) is 0 Å². The minimum absolute atomic E-state index is 0.651. The molecule has 2 aromatic rings. The van der Waals surface area contributed by atoms with E-state index >= 15 is 0 Å². The predicted molar refractivity (Wildman–Crippen MR) is 77.1 cm³/mol. The molecule has 2 aromatic heterocycles. The monoisotopic (exact) mass is 272 g/mol. The van der Waals surface area contributed by atoms with Crippen molar-refractivity contribution < 1.29 is 4.52 Å². The zero-order valence-corrected chi connectivity index (χ0v) is 12.0. The van der Waals surface area contributed by atoms with Gasteiger partial charge in [-0.15, -0.1) is 0 Å². The highest BCUT2D eigenvalue weighted by atomic mass is 16.5. The number of likely N-dealkylation sites (tertiary alicyclic amines) is 1. The Morgan fingerprint density at radius 1 is 1.35 bits per heavy atom. The average molecular weight is 272 g/mol. The van der Waals surface area contributed by atoms with Gasteiger partial charge >= 0.3 is 0 Å². The number of nitrogens with zero attached hydrogens (tertiary/aromatic N) is 4. The summed E-state index contributed by atoms with van der Waals surface area (Å²) in [5, 5.41) is 4.14. The Bertz CT molecular complexity index is 552. The lowest BCUT2D eigenvalue weighted by molar-refractivity contribution is 0.242. The molecule has 0 saturated carbocycles. The smallest absolute Gasteiger partial charge is 0.151 e. The van der Waals surface area contributed by atoms with Crippen molar-refractivity contribution in [3.8, 4) is 11.3 Å². The standard InChI is InChI=1S/C15H20N4O/c1-18(2)13-5-8-19(10-13)11-14-9-15(17-20-14)12-3-6-16-7-4-12/h3-4,6-7,9,13H,5,8,10-11H2,1-2H3/t13-/m1/s1. The van der Waals surface area contributed by atoms with Gasteiger partial charge in [-0.1, -0.05) is 5.16 Å². The number of aromatic nitrogens is 2. The molecule has 0 N–H and O–H groups in total. The average Bonchev–Trinajstić information content (AvgIpc) is 3.10. The van der Waals surface area contributed by atoms with Crippen molar-refractivity contribution in [1.82, 2.24) is 19.9 Å². The molecule has 0 spiro atoms. The van der Waals surface area contributed by atoms with Gasteiger partial charge in [0.25, 0.3) is 0 Å². The first kappa shape index (κ1) is 13.3. The van der Waals surface area contributed by atoms with E-state index in [0.29, 0.717) is 6.04 Å². The molecule has 20 heavy (non-hydrogen) atoms. The minimum Gasteiger partial charge on any atom is -0.359 e. The highest BCUT2D eigenvalue weighted by Crippen LogP contribution is 2.21. The van der Waals surface area contributed by atoms with Crippen molar-refractivity contribution in [2.45, 2.75) is 19.0 Å². The van der Waals surface area contributed by atoms with Crippen molar-refractivity contribution in [3.63, 3.8) is 0 Å². The second kappa shape index (κ2) is 5.73. The van der Waals surface area contributed by atoms with E-state index < -0.39 is 0 Å². The number of hydrogen-bond acceptors (Lipinski definition) is 5. The molecule has 0 aromatic carbocycles. The van der Waals surface area contributed by atoms with Crippen LogP contribution in [0.4, 0.5) is 0 Å². The van der Waals surface area contributed by atoms with Crippen LogP contribution in [0.5, 0.6) is 0 Å². The summed E-state index contributed by atoms with van der Waals surface area (Å²) in [6, 6.07) is 6.56. The molecule has 1 atom stereocenters. The van der Waals surface area contributed by atoms with Crippen molar-refractivity contribution in [3.05, 3.63) is 36.4 Å². The first-order valence-corrected chi connectivity index (χ1v) is 6.97. The van der Waals surface area contributed by atoms with E-state index in [0.717, 1.165) is 36.7 Å². The summed E-state index contributed by atoms with van der Waals surface area (Å²) >= 11 is 0. The van der Waals surface area contributed by atoms with E-state index in [-0.39, 0.29) is 0 Å². The summed E-state index contributed by atoms with van der Waals surface area (Å²) in [6.45, 7) is 3.05. The van der Waals surface area contributed by atoms with Crippen LogP contribution in [0.25, 0.3) is 11.3 Å². The molecule has 5 nitrogen and oxygen atoms in total. The third-order valence-electron chi connectivity index (χ3n) is 3.89. The normalized spacial score (nSPS) is 19.9. The second-order valence-electron chi connectivity index (χ2n) is 5.56. The van der Waals surface area contributed by atoms with Crippen LogP contribution in [0.2, 0.25) is 0 Å². The zero-order valence-electron chi connectivity index (χ0n) is 12.0. The Balaban J connectivity index is 1.64. The lowest BCUT2D eigenvalue weighted by Crippen LogP contribution is -2.31. The Hall–Kier alpha value is -1.72. The van der Waals surface area contributed by atoms with Crippen LogP contribution >= 0.6 is 0 Å². The summed E-state index contributed by atoms with van der Waals surface area (Å²) in [7, 11) is 4.29. The summed E-state index contributed by atoms with van der Waals surface area (Å²) in [4.78, 5) is 8.73. The lowest BCUT2D eigenvalue weighted by Gasteiger charge is -2.19. The number of hydrogen-bond donors (Lipinski definition) is 0. The largest absolute Gasteiger partial charge is 0.359 e. The van der Waals surface area contributed by atoms with E-state index in [9.17, 15) is 0 Å². The fraction of sp³-hybridized carbons (Fsp3) is 0.467. The Morgan fingerprint density at radius 2 is 2.15 bits per heavy atom. The van der Waals surface area contributed by atoms with E-state index in [2.05, 4.69) is 34.0 Å². The third-order valence-corrected chi connectivity index (χ3v) is 3.89. The summed E-state index contributed by atoms with van der Waals surface area (Å²) in [5.74, 6) is 0.927. The Morgan fingerprint density at radius 3 is 2.85 bits per heavy atom. The fourth-order valence-electron chi connectivity index (χ4n) is 2.64. The van der Waals surface area contributed by atoms with Crippen molar-refractivity contribution in [1.29, 1.82) is 0 Å². The molecule has 3 heterocycles. The Kier molecular flexibility index (Phi) is 3.80. The topological polar surface area (TPSA) is 45.4 Å². The Labute approximate surface area is 119 Å². The number of pyridine rings is 1. The molecule has 3 rings (SSSR count). The molecular weight excluding hydrogens is 252 g/mol. The molecule has 0 aliphatic carbocycles.